The van der Waals surface area contributed by atoms with Crippen LogP contribution in [-0.4, -0.2) is 56.2 Å². The number of aliphatic imine (C=N–C) groups is 1. The Morgan fingerprint density at radius 1 is 1.35 bits per heavy atom. The lowest BCUT2D eigenvalue weighted by Crippen LogP contribution is -2.39. The van der Waals surface area contributed by atoms with Gasteiger partial charge in [0.05, 0.1) is 6.54 Å². The Morgan fingerprint density at radius 2 is 2.10 bits per heavy atom. The Morgan fingerprint density at radius 3 is 2.74 bits per heavy atom. The van der Waals surface area contributed by atoms with E-state index in [0.717, 1.165) is 76.0 Å². The predicted octanol–water partition coefficient (Wildman–Crippen LogP) is 2.52. The van der Waals surface area contributed by atoms with Crippen molar-refractivity contribution in [3.05, 3.63) is 23.9 Å². The summed E-state index contributed by atoms with van der Waals surface area (Å²) in [6, 6.07) is 4.01. The Balaban J connectivity index is 0.00000480. The number of nitrogens with two attached hydrogens (primary N) is 1. The average molecular weight is 546 g/mol. The zero-order valence-electron chi connectivity index (χ0n) is 19.1. The number of hydrogen-bond acceptors (Lipinski definition) is 5. The topological polar surface area (TPSA) is 105 Å². The van der Waals surface area contributed by atoms with Gasteiger partial charge < -0.3 is 26.0 Å². The Hall–Kier alpha value is -1.62. The molecule has 0 atom stereocenters. The van der Waals surface area contributed by atoms with E-state index in [1.54, 1.807) is 0 Å². The molecule has 9 heteroatoms. The van der Waals surface area contributed by atoms with Crippen LogP contribution in [0.3, 0.4) is 0 Å². The first kappa shape index (κ1) is 27.4. The summed E-state index contributed by atoms with van der Waals surface area (Å²) < 4.78 is 5.63. The highest BCUT2D eigenvalue weighted by molar-refractivity contribution is 14.0. The van der Waals surface area contributed by atoms with Gasteiger partial charge >= 0.3 is 0 Å². The highest BCUT2D eigenvalue weighted by Gasteiger charge is 2.24. The lowest BCUT2D eigenvalue weighted by atomic mass is 9.96. The molecule has 8 nitrogen and oxygen atoms in total. The average Bonchev–Trinajstić information content (AvgIpc) is 2.74. The number of pyridine rings is 1. The van der Waals surface area contributed by atoms with Gasteiger partial charge in [-0.1, -0.05) is 19.9 Å². The van der Waals surface area contributed by atoms with E-state index in [1.807, 2.05) is 12.3 Å². The molecule has 1 fully saturated rings. The molecule has 1 aliphatic heterocycles. The normalized spacial score (nSPS) is 15.0. The predicted molar refractivity (Wildman–Crippen MR) is 137 cm³/mol. The molecule has 1 aromatic heterocycles. The first-order chi connectivity index (χ1) is 14.5. The fraction of sp³-hybridized carbons (Fsp3) is 0.682. The van der Waals surface area contributed by atoms with Gasteiger partial charge in [0.25, 0.3) is 0 Å². The third-order valence-corrected chi connectivity index (χ3v) is 5.03. The van der Waals surface area contributed by atoms with Crippen LogP contribution < -0.4 is 21.3 Å². The second-order valence-corrected chi connectivity index (χ2v) is 8.09. The lowest BCUT2D eigenvalue weighted by Gasteiger charge is -2.32. The molecule has 0 aromatic carbocycles. The van der Waals surface area contributed by atoms with Gasteiger partial charge in [0.1, 0.15) is 5.82 Å². The van der Waals surface area contributed by atoms with Crippen LogP contribution in [0.2, 0.25) is 0 Å². The van der Waals surface area contributed by atoms with Crippen molar-refractivity contribution >= 4 is 41.7 Å². The van der Waals surface area contributed by atoms with Crippen LogP contribution in [0.5, 0.6) is 0 Å². The smallest absolute Gasteiger partial charge is 0.220 e. The van der Waals surface area contributed by atoms with E-state index in [9.17, 15) is 4.79 Å². The number of aromatic nitrogens is 1. The molecule has 0 aliphatic carbocycles. The standard InChI is InChI=1S/C22H38N6O2.HI/c1-4-24-22(26-11-6-14-30-16-17(2)3)27-15-19-7-5-10-25-21(19)28-12-8-18(9-13-28)20(23)29;/h5,7,10,17-18H,4,6,8-9,11-16H2,1-3H3,(H2,23,29)(H2,24,26,27);1H. The summed E-state index contributed by atoms with van der Waals surface area (Å²) in [5.74, 6) is 2.08. The van der Waals surface area contributed by atoms with E-state index in [0.29, 0.717) is 12.5 Å². The zero-order chi connectivity index (χ0) is 21.8. The Labute approximate surface area is 203 Å². The van der Waals surface area contributed by atoms with E-state index < -0.39 is 0 Å². The van der Waals surface area contributed by atoms with Crippen LogP contribution >= 0.6 is 24.0 Å². The van der Waals surface area contributed by atoms with Crippen molar-refractivity contribution in [1.82, 2.24) is 15.6 Å². The van der Waals surface area contributed by atoms with Crippen molar-refractivity contribution < 1.29 is 9.53 Å². The quantitative estimate of drug-likeness (QED) is 0.171. The number of guanidine groups is 1. The van der Waals surface area contributed by atoms with Crippen molar-refractivity contribution in [2.24, 2.45) is 22.6 Å². The third-order valence-electron chi connectivity index (χ3n) is 5.03. The molecular weight excluding hydrogens is 507 g/mol. The van der Waals surface area contributed by atoms with Crippen molar-refractivity contribution in [2.45, 2.75) is 46.6 Å². The second-order valence-electron chi connectivity index (χ2n) is 8.09. The molecule has 4 N–H and O–H groups in total. The van der Waals surface area contributed by atoms with Crippen LogP contribution in [0.25, 0.3) is 0 Å². The van der Waals surface area contributed by atoms with Gasteiger partial charge in [-0.2, -0.15) is 0 Å². The summed E-state index contributed by atoms with van der Waals surface area (Å²) in [5.41, 5.74) is 6.53. The first-order valence-corrected chi connectivity index (χ1v) is 11.1. The molecular formula is C22H39IN6O2. The number of nitrogens with zero attached hydrogens (tertiary/aromatic N) is 3. The molecule has 0 bridgehead atoms. The fourth-order valence-electron chi connectivity index (χ4n) is 3.42. The number of carbonyl (C=O) groups excluding carboxylic acids is 1. The van der Waals surface area contributed by atoms with Gasteiger partial charge in [0.15, 0.2) is 5.96 Å². The second kappa shape index (κ2) is 15.2. The highest BCUT2D eigenvalue weighted by atomic mass is 127. The van der Waals surface area contributed by atoms with E-state index in [4.69, 9.17) is 15.5 Å². The number of ether oxygens (including phenoxy) is 1. The number of nitrogens with one attached hydrogen (secondary N) is 2. The van der Waals surface area contributed by atoms with E-state index in [-0.39, 0.29) is 35.8 Å². The van der Waals surface area contributed by atoms with Crippen LogP contribution in [0.4, 0.5) is 5.82 Å². The van der Waals surface area contributed by atoms with Gasteiger partial charge in [0.2, 0.25) is 5.91 Å². The molecule has 1 saturated heterocycles. The van der Waals surface area contributed by atoms with Gasteiger partial charge in [-0.15, -0.1) is 24.0 Å². The highest BCUT2D eigenvalue weighted by Crippen LogP contribution is 2.24. The SMILES string of the molecule is CCNC(=NCc1cccnc1N1CCC(C(N)=O)CC1)NCCCOCC(C)C.I. The van der Waals surface area contributed by atoms with Crippen LogP contribution in [0, 0.1) is 11.8 Å². The number of piperidine rings is 1. The Bertz CT molecular complexity index is 678. The maximum absolute atomic E-state index is 11.4. The molecule has 1 amide bonds. The number of halogens is 1. The number of carbonyl (C=O) groups is 1. The van der Waals surface area contributed by atoms with Crippen LogP contribution in [-0.2, 0) is 16.1 Å². The third kappa shape index (κ3) is 10.0. The summed E-state index contributed by atoms with van der Waals surface area (Å²) in [7, 11) is 0. The number of amides is 1. The maximum Gasteiger partial charge on any atom is 0.220 e. The molecule has 0 saturated carbocycles. The van der Waals surface area contributed by atoms with Crippen LogP contribution in [0.15, 0.2) is 23.3 Å². The summed E-state index contributed by atoms with van der Waals surface area (Å²) in [4.78, 5) is 23.0. The molecule has 2 heterocycles. The van der Waals surface area contributed by atoms with Crippen molar-refractivity contribution in [1.29, 1.82) is 0 Å². The fourth-order valence-corrected chi connectivity index (χ4v) is 3.42. The largest absolute Gasteiger partial charge is 0.381 e. The zero-order valence-corrected chi connectivity index (χ0v) is 21.4. The van der Waals surface area contributed by atoms with Crippen molar-refractivity contribution in [3.8, 4) is 0 Å². The van der Waals surface area contributed by atoms with Crippen LogP contribution in [0.1, 0.15) is 45.6 Å². The summed E-state index contributed by atoms with van der Waals surface area (Å²) in [6.45, 7) is 11.6. The summed E-state index contributed by atoms with van der Waals surface area (Å²) >= 11 is 0. The molecule has 2 rings (SSSR count). The maximum atomic E-state index is 11.4. The van der Waals surface area contributed by atoms with E-state index in [2.05, 4.69) is 47.4 Å². The van der Waals surface area contributed by atoms with E-state index in [1.165, 1.54) is 0 Å². The minimum Gasteiger partial charge on any atom is -0.381 e. The van der Waals surface area contributed by atoms with Gasteiger partial charge in [-0.05, 0) is 38.2 Å². The minimum absolute atomic E-state index is 0. The van der Waals surface area contributed by atoms with Crippen molar-refractivity contribution in [3.63, 3.8) is 0 Å². The number of anilines is 1. The van der Waals surface area contributed by atoms with Gasteiger partial charge in [-0.3, -0.25) is 4.79 Å². The molecule has 0 unspecified atom stereocenters. The minimum atomic E-state index is -0.198. The summed E-state index contributed by atoms with van der Waals surface area (Å²) in [6.07, 6.45) is 4.29. The molecule has 1 aliphatic rings. The summed E-state index contributed by atoms with van der Waals surface area (Å²) in [5, 5.41) is 6.66. The number of hydrogen-bond donors (Lipinski definition) is 3. The molecule has 1 aromatic rings. The van der Waals surface area contributed by atoms with E-state index >= 15 is 0 Å². The monoisotopic (exact) mass is 546 g/mol. The lowest BCUT2D eigenvalue weighted by molar-refractivity contribution is -0.122. The molecule has 0 spiro atoms. The Kier molecular flexibility index (Phi) is 13.5. The van der Waals surface area contributed by atoms with Gasteiger partial charge in [0, 0.05) is 57.1 Å². The molecule has 31 heavy (non-hydrogen) atoms. The van der Waals surface area contributed by atoms with Gasteiger partial charge in [-0.25, -0.2) is 9.98 Å². The van der Waals surface area contributed by atoms with Crippen molar-refractivity contribution in [2.75, 3.05) is 44.3 Å². The first-order valence-electron chi connectivity index (χ1n) is 11.1. The number of primary amides is 1. The molecule has 0 radical (unpaired) electrons. The number of rotatable bonds is 11. The molecule has 176 valence electrons.